The number of hydrogen-bond acceptors (Lipinski definition) is 2. The number of nitrogens with one attached hydrogen (secondary N) is 1. The second-order valence-electron chi connectivity index (χ2n) is 3.98. The highest BCUT2D eigenvalue weighted by molar-refractivity contribution is 9.09. The van der Waals surface area contributed by atoms with Gasteiger partial charge in [-0.15, -0.1) is 0 Å². The Labute approximate surface area is 99.8 Å². The van der Waals surface area contributed by atoms with E-state index < -0.39 is 0 Å². The first-order chi connectivity index (χ1) is 7.31. The number of anilines is 2. The average Bonchev–Trinajstić information content (AvgIpc) is 2.61. The van der Waals surface area contributed by atoms with Gasteiger partial charge in [0.15, 0.2) is 0 Å². The van der Waals surface area contributed by atoms with Crippen LogP contribution in [0.25, 0.3) is 0 Å². The van der Waals surface area contributed by atoms with Gasteiger partial charge in [-0.3, -0.25) is 0 Å². The summed E-state index contributed by atoms with van der Waals surface area (Å²) in [6, 6.07) is 6.68. The summed E-state index contributed by atoms with van der Waals surface area (Å²) in [6.45, 7) is 2.19. The zero-order valence-corrected chi connectivity index (χ0v) is 10.7. The Morgan fingerprint density at radius 1 is 1.47 bits per heavy atom. The van der Waals surface area contributed by atoms with Crippen molar-refractivity contribution in [3.63, 3.8) is 0 Å². The Hall–Kier alpha value is -0.700. The maximum absolute atomic E-state index is 3.44. The van der Waals surface area contributed by atoms with E-state index >= 15 is 0 Å². The summed E-state index contributed by atoms with van der Waals surface area (Å²) in [5, 5.41) is 4.50. The molecule has 1 N–H and O–H groups in total. The van der Waals surface area contributed by atoms with E-state index in [2.05, 4.69) is 51.4 Å². The van der Waals surface area contributed by atoms with Gasteiger partial charge in [-0.1, -0.05) is 15.9 Å². The van der Waals surface area contributed by atoms with Gasteiger partial charge in [-0.05, 0) is 36.6 Å². The molecular formula is C12H17BrN2. The Bertz CT molecular complexity index is 338. The number of nitrogens with zero attached hydrogens (tertiary/aromatic N) is 1. The lowest BCUT2D eigenvalue weighted by Gasteiger charge is -2.12. The van der Waals surface area contributed by atoms with E-state index in [1.165, 1.54) is 23.4 Å². The van der Waals surface area contributed by atoms with Gasteiger partial charge in [0.25, 0.3) is 0 Å². The molecule has 0 unspecified atom stereocenters. The maximum Gasteiger partial charge on any atom is 0.0398 e. The molecule has 1 heterocycles. The largest absolute Gasteiger partial charge is 0.385 e. The number of benzene rings is 1. The van der Waals surface area contributed by atoms with Crippen LogP contribution in [-0.4, -0.2) is 25.5 Å². The van der Waals surface area contributed by atoms with Crippen LogP contribution in [0.15, 0.2) is 18.2 Å². The van der Waals surface area contributed by atoms with Crippen LogP contribution in [0.5, 0.6) is 0 Å². The lowest BCUT2D eigenvalue weighted by molar-refractivity contribution is 0.956. The summed E-state index contributed by atoms with van der Waals surface area (Å²) in [7, 11) is 2.16. The third-order valence-corrected chi connectivity index (χ3v) is 3.41. The molecule has 0 atom stereocenters. The smallest absolute Gasteiger partial charge is 0.0398 e. The van der Waals surface area contributed by atoms with E-state index in [9.17, 15) is 0 Å². The van der Waals surface area contributed by atoms with Crippen molar-refractivity contribution in [1.82, 2.24) is 0 Å². The SMILES string of the molecule is CN1CCc2cc(NCCCBr)ccc21. The molecule has 0 spiro atoms. The second-order valence-corrected chi connectivity index (χ2v) is 4.78. The van der Waals surface area contributed by atoms with Crippen LogP contribution in [0.1, 0.15) is 12.0 Å². The fourth-order valence-corrected chi connectivity index (χ4v) is 2.26. The Balaban J connectivity index is 2.03. The number of hydrogen-bond donors (Lipinski definition) is 1. The van der Waals surface area contributed by atoms with Crippen molar-refractivity contribution in [2.24, 2.45) is 0 Å². The lowest BCUT2D eigenvalue weighted by atomic mass is 10.1. The van der Waals surface area contributed by atoms with Gasteiger partial charge in [-0.25, -0.2) is 0 Å². The van der Waals surface area contributed by atoms with E-state index in [0.717, 1.165) is 24.8 Å². The molecule has 1 aromatic rings. The minimum Gasteiger partial charge on any atom is -0.385 e. The molecule has 0 saturated carbocycles. The number of likely N-dealkylation sites (N-methyl/N-ethyl adjacent to an activating group) is 1. The van der Waals surface area contributed by atoms with Crippen molar-refractivity contribution in [1.29, 1.82) is 0 Å². The predicted octanol–water partition coefficient (Wildman–Crippen LogP) is 2.88. The third kappa shape index (κ3) is 2.46. The minimum absolute atomic E-state index is 1.04. The van der Waals surface area contributed by atoms with Crippen molar-refractivity contribution in [2.75, 3.05) is 35.7 Å². The minimum atomic E-state index is 1.04. The summed E-state index contributed by atoms with van der Waals surface area (Å²) in [5.74, 6) is 0. The van der Waals surface area contributed by atoms with Crippen molar-refractivity contribution in [3.05, 3.63) is 23.8 Å². The van der Waals surface area contributed by atoms with Gasteiger partial charge >= 0.3 is 0 Å². The van der Waals surface area contributed by atoms with Gasteiger partial charge in [0, 0.05) is 36.8 Å². The van der Waals surface area contributed by atoms with Gasteiger partial charge < -0.3 is 10.2 Å². The highest BCUT2D eigenvalue weighted by atomic mass is 79.9. The van der Waals surface area contributed by atoms with Crippen LogP contribution in [0.2, 0.25) is 0 Å². The van der Waals surface area contributed by atoms with Crippen LogP contribution in [0, 0.1) is 0 Å². The summed E-state index contributed by atoms with van der Waals surface area (Å²) in [4.78, 5) is 2.32. The quantitative estimate of drug-likeness (QED) is 0.668. The van der Waals surface area contributed by atoms with Crippen LogP contribution in [0.3, 0.4) is 0 Å². The monoisotopic (exact) mass is 268 g/mol. The molecule has 0 bridgehead atoms. The van der Waals surface area contributed by atoms with E-state index in [1.807, 2.05) is 0 Å². The summed E-state index contributed by atoms with van der Waals surface area (Å²) in [6.07, 6.45) is 2.34. The number of halogens is 1. The molecule has 0 saturated heterocycles. The van der Waals surface area contributed by atoms with Crippen molar-refractivity contribution >= 4 is 27.3 Å². The zero-order chi connectivity index (χ0) is 10.7. The standard InChI is InChI=1S/C12H17BrN2/c1-15-8-5-10-9-11(3-4-12(10)15)14-7-2-6-13/h3-4,9,14H,2,5-8H2,1H3. The first kappa shape index (κ1) is 10.8. The van der Waals surface area contributed by atoms with Crippen molar-refractivity contribution in [3.8, 4) is 0 Å². The average molecular weight is 269 g/mol. The Morgan fingerprint density at radius 2 is 2.33 bits per heavy atom. The van der Waals surface area contributed by atoms with Crippen LogP contribution < -0.4 is 10.2 Å². The van der Waals surface area contributed by atoms with Gasteiger partial charge in [0.05, 0.1) is 0 Å². The fraction of sp³-hybridized carbons (Fsp3) is 0.500. The molecule has 0 radical (unpaired) electrons. The van der Waals surface area contributed by atoms with E-state index in [-0.39, 0.29) is 0 Å². The molecule has 2 rings (SSSR count). The highest BCUT2D eigenvalue weighted by Gasteiger charge is 2.15. The summed E-state index contributed by atoms with van der Waals surface area (Å²) in [5.41, 5.74) is 4.12. The molecule has 15 heavy (non-hydrogen) atoms. The molecule has 1 aliphatic heterocycles. The normalized spacial score (nSPS) is 14.1. The predicted molar refractivity (Wildman–Crippen MR) is 70.3 cm³/mol. The number of fused-ring (bicyclic) bond motifs is 1. The van der Waals surface area contributed by atoms with Crippen LogP contribution in [-0.2, 0) is 6.42 Å². The van der Waals surface area contributed by atoms with Crippen molar-refractivity contribution in [2.45, 2.75) is 12.8 Å². The number of alkyl halides is 1. The second kappa shape index (κ2) is 4.88. The van der Waals surface area contributed by atoms with E-state index in [4.69, 9.17) is 0 Å². The molecule has 0 aliphatic carbocycles. The van der Waals surface area contributed by atoms with E-state index in [1.54, 1.807) is 0 Å². The van der Waals surface area contributed by atoms with Crippen LogP contribution >= 0.6 is 15.9 Å². The molecule has 1 aliphatic rings. The molecule has 3 heteroatoms. The summed E-state index contributed by atoms with van der Waals surface area (Å²) < 4.78 is 0. The number of rotatable bonds is 4. The first-order valence-electron chi connectivity index (χ1n) is 5.45. The maximum atomic E-state index is 3.44. The van der Waals surface area contributed by atoms with Gasteiger partial charge in [-0.2, -0.15) is 0 Å². The molecule has 0 aromatic heterocycles. The van der Waals surface area contributed by atoms with Crippen molar-refractivity contribution < 1.29 is 0 Å². The topological polar surface area (TPSA) is 15.3 Å². The highest BCUT2D eigenvalue weighted by Crippen LogP contribution is 2.28. The van der Waals surface area contributed by atoms with Gasteiger partial charge in [0.1, 0.15) is 0 Å². The lowest BCUT2D eigenvalue weighted by Crippen LogP contribution is -2.12. The molecule has 82 valence electrons. The van der Waals surface area contributed by atoms with E-state index in [0.29, 0.717) is 0 Å². The molecule has 0 fully saturated rings. The Morgan fingerprint density at radius 3 is 3.13 bits per heavy atom. The Kier molecular flexibility index (Phi) is 3.52. The van der Waals surface area contributed by atoms with Gasteiger partial charge in [0.2, 0.25) is 0 Å². The molecule has 2 nitrogen and oxygen atoms in total. The molecule has 1 aromatic carbocycles. The fourth-order valence-electron chi connectivity index (χ4n) is 1.98. The zero-order valence-electron chi connectivity index (χ0n) is 9.09. The molecular weight excluding hydrogens is 252 g/mol. The van der Waals surface area contributed by atoms with Crippen LogP contribution in [0.4, 0.5) is 11.4 Å². The first-order valence-corrected chi connectivity index (χ1v) is 6.57. The summed E-state index contributed by atoms with van der Waals surface area (Å²) >= 11 is 3.43. The third-order valence-electron chi connectivity index (χ3n) is 2.85. The molecule has 0 amide bonds.